The van der Waals surface area contributed by atoms with Crippen molar-refractivity contribution in [3.8, 4) is 0 Å². The Morgan fingerprint density at radius 3 is 2.72 bits per heavy atom. The van der Waals surface area contributed by atoms with Crippen molar-refractivity contribution in [2.24, 2.45) is 0 Å². The number of hydrogen-bond acceptors (Lipinski definition) is 3. The van der Waals surface area contributed by atoms with Crippen LogP contribution >= 0.6 is 23.4 Å². The molecule has 0 bridgehead atoms. The quantitative estimate of drug-likeness (QED) is 0.869. The van der Waals surface area contributed by atoms with Crippen LogP contribution < -0.4 is 0 Å². The van der Waals surface area contributed by atoms with Crippen LogP contribution in [0.3, 0.4) is 0 Å². The van der Waals surface area contributed by atoms with Crippen LogP contribution in [0.25, 0.3) is 0 Å². The molecule has 0 aliphatic heterocycles. The van der Waals surface area contributed by atoms with Gasteiger partial charge in [-0.3, -0.25) is 4.98 Å². The normalized spacial score (nSPS) is 12.4. The Hall–Kier alpha value is -1.10. The van der Waals surface area contributed by atoms with Crippen molar-refractivity contribution in [2.45, 2.75) is 11.0 Å². The average Bonchev–Trinajstić information content (AvgIpc) is 2.38. The molecular weight excluding hydrogens is 273 g/mol. The minimum absolute atomic E-state index is 0.412. The molecule has 0 fully saturated rings. The topological polar surface area (TPSA) is 33.1 Å². The molecule has 1 unspecified atom stereocenters. The summed E-state index contributed by atoms with van der Waals surface area (Å²) in [6.45, 7) is 0. The Labute approximate surface area is 114 Å². The maximum absolute atomic E-state index is 12.7. The fraction of sp³-hybridized carbons (Fsp3) is 0.154. The molecule has 2 rings (SSSR count). The number of rotatable bonds is 4. The van der Waals surface area contributed by atoms with Crippen LogP contribution in [0.15, 0.2) is 47.5 Å². The molecule has 94 valence electrons. The summed E-state index contributed by atoms with van der Waals surface area (Å²) in [4.78, 5) is 4.74. The fourth-order valence-corrected chi connectivity index (χ4v) is 2.59. The summed E-state index contributed by atoms with van der Waals surface area (Å²) in [5.74, 6) is 0.00671. The zero-order valence-corrected chi connectivity index (χ0v) is 11.0. The minimum atomic E-state index is -0.744. The molecule has 1 aromatic carbocycles. The van der Waals surface area contributed by atoms with E-state index in [-0.39, 0.29) is 0 Å². The molecular formula is C13H11ClFNOS. The lowest BCUT2D eigenvalue weighted by atomic mass is 10.2. The van der Waals surface area contributed by atoms with E-state index < -0.39 is 11.9 Å². The Morgan fingerprint density at radius 1 is 1.28 bits per heavy atom. The van der Waals surface area contributed by atoms with Crippen LogP contribution in [0, 0.1) is 5.82 Å². The number of pyridine rings is 1. The molecule has 0 radical (unpaired) electrons. The van der Waals surface area contributed by atoms with Crippen molar-refractivity contribution >= 4 is 23.4 Å². The number of aliphatic hydroxyl groups is 1. The Kier molecular flexibility index (Phi) is 4.58. The lowest BCUT2D eigenvalue weighted by Gasteiger charge is -2.10. The molecule has 2 nitrogen and oxygen atoms in total. The maximum atomic E-state index is 12.7. The summed E-state index contributed by atoms with van der Waals surface area (Å²) in [6, 6.07) is 10.2. The van der Waals surface area contributed by atoms with E-state index in [4.69, 9.17) is 11.6 Å². The van der Waals surface area contributed by atoms with E-state index in [1.807, 2.05) is 18.2 Å². The smallest absolute Gasteiger partial charge is 0.141 e. The van der Waals surface area contributed by atoms with Crippen LogP contribution in [-0.2, 0) is 0 Å². The molecule has 1 N–H and O–H groups in total. The predicted molar refractivity (Wildman–Crippen MR) is 71.3 cm³/mol. The van der Waals surface area contributed by atoms with E-state index in [2.05, 4.69) is 4.98 Å². The van der Waals surface area contributed by atoms with Gasteiger partial charge in [-0.05, 0) is 24.3 Å². The van der Waals surface area contributed by atoms with Gasteiger partial charge in [-0.15, -0.1) is 11.8 Å². The second-order valence-electron chi connectivity index (χ2n) is 3.66. The average molecular weight is 284 g/mol. The van der Waals surface area contributed by atoms with Crippen LogP contribution in [-0.4, -0.2) is 15.8 Å². The number of aliphatic hydroxyl groups excluding tert-OH is 1. The summed E-state index contributed by atoms with van der Waals surface area (Å²) < 4.78 is 12.7. The Bertz CT molecular complexity index is 521. The molecule has 0 aliphatic rings. The third kappa shape index (κ3) is 3.45. The van der Waals surface area contributed by atoms with Crippen molar-refractivity contribution in [1.82, 2.24) is 4.98 Å². The van der Waals surface area contributed by atoms with Gasteiger partial charge in [0.1, 0.15) is 11.9 Å². The van der Waals surface area contributed by atoms with Crippen molar-refractivity contribution in [3.63, 3.8) is 0 Å². The maximum Gasteiger partial charge on any atom is 0.141 e. The van der Waals surface area contributed by atoms with E-state index in [0.29, 0.717) is 16.5 Å². The van der Waals surface area contributed by atoms with Gasteiger partial charge in [0.2, 0.25) is 0 Å². The van der Waals surface area contributed by atoms with Gasteiger partial charge in [-0.25, -0.2) is 4.39 Å². The molecule has 0 aliphatic carbocycles. The molecule has 1 heterocycles. The van der Waals surface area contributed by atoms with E-state index >= 15 is 0 Å². The second kappa shape index (κ2) is 6.18. The molecule has 0 amide bonds. The number of aromatic nitrogens is 1. The highest BCUT2D eigenvalue weighted by Crippen LogP contribution is 2.29. The van der Waals surface area contributed by atoms with Crippen molar-refractivity contribution in [3.05, 3.63) is 59.1 Å². The fourth-order valence-electron chi connectivity index (χ4n) is 1.40. The highest BCUT2D eigenvalue weighted by Gasteiger charge is 2.10. The first-order chi connectivity index (χ1) is 8.66. The highest BCUT2D eigenvalue weighted by molar-refractivity contribution is 7.99. The lowest BCUT2D eigenvalue weighted by Crippen LogP contribution is -2.03. The first-order valence-corrected chi connectivity index (χ1v) is 6.70. The van der Waals surface area contributed by atoms with Crippen LogP contribution in [0.5, 0.6) is 0 Å². The predicted octanol–water partition coefficient (Wildman–Crippen LogP) is 3.70. The van der Waals surface area contributed by atoms with Gasteiger partial charge in [0, 0.05) is 10.6 Å². The number of nitrogens with zero attached hydrogens (tertiary/aromatic N) is 1. The van der Waals surface area contributed by atoms with Crippen LogP contribution in [0.2, 0.25) is 5.02 Å². The first kappa shape index (κ1) is 13.3. The van der Waals surface area contributed by atoms with Gasteiger partial charge in [0.15, 0.2) is 0 Å². The van der Waals surface area contributed by atoms with Gasteiger partial charge in [0.25, 0.3) is 0 Å². The van der Waals surface area contributed by atoms with E-state index in [9.17, 15) is 9.50 Å². The van der Waals surface area contributed by atoms with E-state index in [0.717, 1.165) is 11.1 Å². The van der Waals surface area contributed by atoms with E-state index in [1.165, 1.54) is 23.9 Å². The molecule has 0 saturated heterocycles. The number of halogens is 2. The summed E-state index contributed by atoms with van der Waals surface area (Å²) in [5, 5.41) is 10.6. The summed E-state index contributed by atoms with van der Waals surface area (Å²) in [6.07, 6.45) is 0.352. The summed E-state index contributed by atoms with van der Waals surface area (Å²) in [7, 11) is 0. The lowest BCUT2D eigenvalue weighted by molar-refractivity contribution is 0.199. The third-order valence-electron chi connectivity index (χ3n) is 2.33. The third-order valence-corrected chi connectivity index (χ3v) is 3.92. The highest BCUT2D eigenvalue weighted by atomic mass is 35.5. The van der Waals surface area contributed by atoms with Gasteiger partial charge in [-0.1, -0.05) is 23.7 Å². The largest absolute Gasteiger partial charge is 0.386 e. The zero-order chi connectivity index (χ0) is 13.0. The standard InChI is InChI=1S/C13H11ClFNOS/c14-10-3-1-2-4-13(10)18-8-12(17)11-6-5-9(15)7-16-11/h1-7,12,17H,8H2. The molecule has 0 spiro atoms. The number of hydrogen-bond donors (Lipinski definition) is 1. The first-order valence-electron chi connectivity index (χ1n) is 5.33. The van der Waals surface area contributed by atoms with Crippen molar-refractivity contribution in [1.29, 1.82) is 0 Å². The Balaban J connectivity index is 1.98. The van der Waals surface area contributed by atoms with E-state index in [1.54, 1.807) is 6.07 Å². The minimum Gasteiger partial charge on any atom is -0.386 e. The SMILES string of the molecule is OC(CSc1ccccc1Cl)c1ccc(F)cn1. The molecule has 2 aromatic rings. The van der Waals surface area contributed by atoms with Crippen molar-refractivity contribution in [2.75, 3.05) is 5.75 Å². The number of benzene rings is 1. The molecule has 1 atom stereocenters. The van der Waals surface area contributed by atoms with Crippen molar-refractivity contribution < 1.29 is 9.50 Å². The van der Waals surface area contributed by atoms with Gasteiger partial charge in [0.05, 0.1) is 16.9 Å². The molecule has 5 heteroatoms. The van der Waals surface area contributed by atoms with Gasteiger partial charge in [-0.2, -0.15) is 0 Å². The monoisotopic (exact) mass is 283 g/mol. The Morgan fingerprint density at radius 2 is 2.06 bits per heavy atom. The number of thioether (sulfide) groups is 1. The zero-order valence-electron chi connectivity index (χ0n) is 9.38. The van der Waals surface area contributed by atoms with Crippen LogP contribution in [0.4, 0.5) is 4.39 Å². The molecule has 0 saturated carbocycles. The van der Waals surface area contributed by atoms with Gasteiger partial charge >= 0.3 is 0 Å². The summed E-state index contributed by atoms with van der Waals surface area (Å²) in [5.41, 5.74) is 0.455. The molecule has 18 heavy (non-hydrogen) atoms. The molecule has 1 aromatic heterocycles. The summed E-state index contributed by atoms with van der Waals surface area (Å²) >= 11 is 7.45. The second-order valence-corrected chi connectivity index (χ2v) is 5.13. The van der Waals surface area contributed by atoms with Crippen LogP contribution in [0.1, 0.15) is 11.8 Å². The van der Waals surface area contributed by atoms with Gasteiger partial charge < -0.3 is 5.11 Å².